The first-order valence-corrected chi connectivity index (χ1v) is 12.5. The molecular weight excluding hydrogens is 484 g/mol. The zero-order valence-corrected chi connectivity index (χ0v) is 20.6. The van der Waals surface area contributed by atoms with Crippen LogP contribution in [0.15, 0.2) is 46.9 Å². The maximum Gasteiger partial charge on any atom is 0.242 e. The van der Waals surface area contributed by atoms with Crippen LogP contribution in [0.4, 0.5) is 0 Å². The largest absolute Gasteiger partial charge is 0.454 e. The lowest BCUT2D eigenvalue weighted by Gasteiger charge is -2.31. The highest BCUT2D eigenvalue weighted by Crippen LogP contribution is 2.33. The van der Waals surface area contributed by atoms with Crippen LogP contribution >= 0.6 is 15.9 Å². The first-order chi connectivity index (χ1) is 16.0. The summed E-state index contributed by atoms with van der Waals surface area (Å²) in [5.74, 6) is 1.33. The Morgan fingerprint density at radius 3 is 2.48 bits per heavy atom. The standard InChI is InChI=1S/C26H31BrN2O4/c1-18(26(31)28-22-5-3-2-4-6-22)29(16-20-7-11-21(27)12-8-20)25(30)14-10-19-9-13-23-24(15-19)33-17-32-23/h7-9,11-13,15,18,22H,2-6,10,14,16-17H2,1H3,(H,28,31)/t18-/m0/s1. The average Bonchev–Trinajstić information content (AvgIpc) is 3.30. The van der Waals surface area contributed by atoms with E-state index in [1.54, 1.807) is 4.90 Å². The lowest BCUT2D eigenvalue weighted by atomic mass is 9.95. The van der Waals surface area contributed by atoms with Crippen LogP contribution in [0.2, 0.25) is 0 Å². The fourth-order valence-electron chi connectivity index (χ4n) is 4.43. The van der Waals surface area contributed by atoms with Crippen LogP contribution in [0.1, 0.15) is 56.6 Å². The molecule has 1 atom stereocenters. The second-order valence-electron chi connectivity index (χ2n) is 8.86. The molecule has 1 heterocycles. The summed E-state index contributed by atoms with van der Waals surface area (Å²) in [6.45, 7) is 2.45. The molecule has 4 rings (SSSR count). The number of halogens is 1. The Hall–Kier alpha value is -2.54. The van der Waals surface area contributed by atoms with Crippen molar-refractivity contribution in [1.82, 2.24) is 10.2 Å². The van der Waals surface area contributed by atoms with E-state index in [1.165, 1.54) is 6.42 Å². The van der Waals surface area contributed by atoms with Crippen molar-refractivity contribution in [2.75, 3.05) is 6.79 Å². The molecule has 1 aliphatic heterocycles. The monoisotopic (exact) mass is 514 g/mol. The number of nitrogens with zero attached hydrogens (tertiary/aromatic N) is 1. The summed E-state index contributed by atoms with van der Waals surface area (Å²) in [4.78, 5) is 28.1. The van der Waals surface area contributed by atoms with Gasteiger partial charge in [0, 0.05) is 23.5 Å². The summed E-state index contributed by atoms with van der Waals surface area (Å²) in [5, 5.41) is 3.18. The van der Waals surface area contributed by atoms with Crippen LogP contribution in [0.5, 0.6) is 11.5 Å². The molecule has 0 radical (unpaired) electrons. The number of amides is 2. The number of fused-ring (bicyclic) bond motifs is 1. The third kappa shape index (κ3) is 6.28. The van der Waals surface area contributed by atoms with Gasteiger partial charge >= 0.3 is 0 Å². The molecule has 0 spiro atoms. The van der Waals surface area contributed by atoms with Gasteiger partial charge in [-0.25, -0.2) is 0 Å². The van der Waals surface area contributed by atoms with Gasteiger partial charge in [-0.05, 0) is 61.6 Å². The topological polar surface area (TPSA) is 67.9 Å². The third-order valence-corrected chi connectivity index (χ3v) is 6.98. The Labute approximate surface area is 203 Å². The van der Waals surface area contributed by atoms with Crippen molar-refractivity contribution in [1.29, 1.82) is 0 Å². The predicted octanol–water partition coefficient (Wildman–Crippen LogP) is 4.98. The lowest BCUT2D eigenvalue weighted by Crippen LogP contribution is -2.50. The molecular formula is C26H31BrN2O4. The number of nitrogens with one attached hydrogen (secondary N) is 1. The number of aryl methyl sites for hydroxylation is 1. The molecule has 2 aromatic carbocycles. The second-order valence-corrected chi connectivity index (χ2v) is 9.77. The normalized spacial score (nSPS) is 16.3. The molecule has 7 heteroatoms. The van der Waals surface area contributed by atoms with Gasteiger partial charge in [0.1, 0.15) is 6.04 Å². The molecule has 1 N–H and O–H groups in total. The van der Waals surface area contributed by atoms with Crippen molar-refractivity contribution in [2.45, 2.75) is 70.5 Å². The highest BCUT2D eigenvalue weighted by atomic mass is 79.9. The van der Waals surface area contributed by atoms with E-state index in [2.05, 4.69) is 21.2 Å². The Morgan fingerprint density at radius 2 is 1.73 bits per heavy atom. The van der Waals surface area contributed by atoms with Gasteiger partial charge in [-0.2, -0.15) is 0 Å². The minimum Gasteiger partial charge on any atom is -0.454 e. The van der Waals surface area contributed by atoms with Gasteiger partial charge in [0.2, 0.25) is 18.6 Å². The molecule has 176 valence electrons. The van der Waals surface area contributed by atoms with Gasteiger partial charge < -0.3 is 19.7 Å². The summed E-state index contributed by atoms with van der Waals surface area (Å²) >= 11 is 3.46. The number of hydrogen-bond acceptors (Lipinski definition) is 4. The van der Waals surface area contributed by atoms with Gasteiger partial charge in [0.15, 0.2) is 11.5 Å². The molecule has 33 heavy (non-hydrogen) atoms. The Balaban J connectivity index is 1.44. The minimum absolute atomic E-state index is 0.0399. The van der Waals surface area contributed by atoms with E-state index in [1.807, 2.05) is 49.4 Å². The molecule has 2 aliphatic rings. The third-order valence-electron chi connectivity index (χ3n) is 6.45. The second kappa shape index (κ2) is 11.1. The van der Waals surface area contributed by atoms with E-state index < -0.39 is 6.04 Å². The quantitative estimate of drug-likeness (QED) is 0.539. The number of benzene rings is 2. The fraction of sp³-hybridized carbons (Fsp3) is 0.462. The van der Waals surface area contributed by atoms with E-state index in [9.17, 15) is 9.59 Å². The van der Waals surface area contributed by atoms with Crippen molar-refractivity contribution in [3.05, 3.63) is 58.1 Å². The van der Waals surface area contributed by atoms with E-state index in [-0.39, 0.29) is 24.6 Å². The van der Waals surface area contributed by atoms with Crippen LogP contribution in [0.25, 0.3) is 0 Å². The van der Waals surface area contributed by atoms with Crippen molar-refractivity contribution in [2.24, 2.45) is 0 Å². The molecule has 0 unspecified atom stereocenters. The van der Waals surface area contributed by atoms with Crippen LogP contribution in [0.3, 0.4) is 0 Å². The Bertz CT molecular complexity index is 973. The van der Waals surface area contributed by atoms with Gasteiger partial charge in [0.05, 0.1) is 0 Å². The first kappa shape index (κ1) is 23.6. The van der Waals surface area contributed by atoms with Crippen LogP contribution in [-0.4, -0.2) is 35.6 Å². The zero-order chi connectivity index (χ0) is 23.2. The van der Waals surface area contributed by atoms with E-state index in [4.69, 9.17) is 9.47 Å². The minimum atomic E-state index is -0.542. The van der Waals surface area contributed by atoms with E-state index in [0.717, 1.165) is 47.0 Å². The summed E-state index contributed by atoms with van der Waals surface area (Å²) in [7, 11) is 0. The highest BCUT2D eigenvalue weighted by Gasteiger charge is 2.28. The van der Waals surface area contributed by atoms with Gasteiger partial charge in [-0.3, -0.25) is 9.59 Å². The number of carbonyl (C=O) groups is 2. The number of ether oxygens (including phenoxy) is 2. The van der Waals surface area contributed by atoms with Crippen LogP contribution < -0.4 is 14.8 Å². The smallest absolute Gasteiger partial charge is 0.242 e. The maximum atomic E-state index is 13.3. The van der Waals surface area contributed by atoms with Gasteiger partial charge in [-0.15, -0.1) is 0 Å². The maximum absolute atomic E-state index is 13.3. The van der Waals surface area contributed by atoms with Crippen molar-refractivity contribution in [3.63, 3.8) is 0 Å². The molecule has 1 saturated carbocycles. The molecule has 0 bridgehead atoms. The summed E-state index contributed by atoms with van der Waals surface area (Å²) in [6, 6.07) is 13.3. The van der Waals surface area contributed by atoms with Crippen molar-refractivity contribution >= 4 is 27.7 Å². The van der Waals surface area contributed by atoms with Gasteiger partial charge in [-0.1, -0.05) is 53.4 Å². The predicted molar refractivity (Wildman–Crippen MR) is 130 cm³/mol. The summed E-state index contributed by atoms with van der Waals surface area (Å²) in [6.07, 6.45) is 6.45. The molecule has 1 aliphatic carbocycles. The highest BCUT2D eigenvalue weighted by molar-refractivity contribution is 9.10. The first-order valence-electron chi connectivity index (χ1n) is 11.7. The van der Waals surface area contributed by atoms with E-state index in [0.29, 0.717) is 25.1 Å². The molecule has 2 aromatic rings. The molecule has 2 amide bonds. The van der Waals surface area contributed by atoms with E-state index >= 15 is 0 Å². The summed E-state index contributed by atoms with van der Waals surface area (Å²) < 4.78 is 11.8. The van der Waals surface area contributed by atoms with Gasteiger partial charge in [0.25, 0.3) is 0 Å². The molecule has 1 fully saturated rings. The summed E-state index contributed by atoms with van der Waals surface area (Å²) in [5.41, 5.74) is 2.00. The Morgan fingerprint density at radius 1 is 1.03 bits per heavy atom. The number of hydrogen-bond donors (Lipinski definition) is 1. The SMILES string of the molecule is C[C@@H](C(=O)NC1CCCCC1)N(Cc1ccc(Br)cc1)C(=O)CCc1ccc2c(c1)OCO2. The van der Waals surface area contributed by atoms with Crippen LogP contribution in [-0.2, 0) is 22.6 Å². The molecule has 6 nitrogen and oxygen atoms in total. The fourth-order valence-corrected chi connectivity index (χ4v) is 4.69. The van der Waals surface area contributed by atoms with Crippen molar-refractivity contribution in [3.8, 4) is 11.5 Å². The zero-order valence-electron chi connectivity index (χ0n) is 19.0. The molecule has 0 aromatic heterocycles. The average molecular weight is 515 g/mol. The molecule has 0 saturated heterocycles. The Kier molecular flexibility index (Phi) is 7.91. The van der Waals surface area contributed by atoms with Crippen LogP contribution in [0, 0.1) is 0 Å². The lowest BCUT2D eigenvalue weighted by molar-refractivity contribution is -0.141. The van der Waals surface area contributed by atoms with Crippen molar-refractivity contribution < 1.29 is 19.1 Å². The number of carbonyl (C=O) groups excluding carboxylic acids is 2. The number of rotatable bonds is 8.